The van der Waals surface area contributed by atoms with Crippen molar-refractivity contribution in [1.29, 1.82) is 0 Å². The summed E-state index contributed by atoms with van der Waals surface area (Å²) in [6.45, 7) is 5.50. The molecule has 2 N–H and O–H groups in total. The predicted molar refractivity (Wildman–Crippen MR) is 71.5 cm³/mol. The van der Waals surface area contributed by atoms with E-state index in [0.29, 0.717) is 19.0 Å². The minimum absolute atomic E-state index is 0.234. The first-order valence-corrected chi connectivity index (χ1v) is 8.35. The smallest absolute Gasteiger partial charge is 0.211 e. The summed E-state index contributed by atoms with van der Waals surface area (Å²) in [5, 5.41) is 3.22. The summed E-state index contributed by atoms with van der Waals surface area (Å²) in [6, 6.07) is 0.421. The minimum atomic E-state index is -3.05. The van der Waals surface area contributed by atoms with Gasteiger partial charge in [0.15, 0.2) is 0 Å². The highest BCUT2D eigenvalue weighted by molar-refractivity contribution is 7.89. The van der Waals surface area contributed by atoms with Crippen molar-refractivity contribution in [2.75, 3.05) is 18.8 Å². The zero-order chi connectivity index (χ0) is 12.7. The van der Waals surface area contributed by atoms with Crippen molar-refractivity contribution in [1.82, 2.24) is 10.0 Å². The molecule has 0 spiro atoms. The van der Waals surface area contributed by atoms with E-state index in [1.807, 2.05) is 0 Å². The Balaban J connectivity index is 2.03. The number of sulfonamides is 1. The minimum Gasteiger partial charge on any atom is -0.314 e. The van der Waals surface area contributed by atoms with Crippen LogP contribution in [0.1, 0.15) is 46.0 Å². The van der Waals surface area contributed by atoms with Crippen LogP contribution in [0, 0.1) is 5.92 Å². The van der Waals surface area contributed by atoms with Crippen LogP contribution in [0.4, 0.5) is 0 Å². The summed E-state index contributed by atoms with van der Waals surface area (Å²) in [5.41, 5.74) is 0. The Hall–Kier alpha value is -0.130. The molecule has 102 valence electrons. The highest BCUT2D eigenvalue weighted by Gasteiger charge is 2.18. The molecule has 1 fully saturated rings. The highest BCUT2D eigenvalue weighted by Crippen LogP contribution is 2.28. The fourth-order valence-electron chi connectivity index (χ4n) is 1.93. The Kier molecular flexibility index (Phi) is 6.44. The van der Waals surface area contributed by atoms with Crippen molar-refractivity contribution < 1.29 is 8.42 Å². The van der Waals surface area contributed by atoms with E-state index >= 15 is 0 Å². The lowest BCUT2D eigenvalue weighted by molar-refractivity contribution is 0.297. The van der Waals surface area contributed by atoms with E-state index in [-0.39, 0.29) is 5.75 Å². The van der Waals surface area contributed by atoms with Gasteiger partial charge in [0.1, 0.15) is 0 Å². The topological polar surface area (TPSA) is 58.2 Å². The lowest BCUT2D eigenvalue weighted by Gasteiger charge is -2.25. The van der Waals surface area contributed by atoms with Crippen LogP contribution in [0.3, 0.4) is 0 Å². The van der Waals surface area contributed by atoms with Crippen molar-refractivity contribution in [3.8, 4) is 0 Å². The molecule has 4 nitrogen and oxygen atoms in total. The van der Waals surface area contributed by atoms with Gasteiger partial charge in [-0.2, -0.15) is 0 Å². The van der Waals surface area contributed by atoms with E-state index in [9.17, 15) is 8.42 Å². The maximum absolute atomic E-state index is 11.6. The number of rotatable bonds is 9. The van der Waals surface area contributed by atoms with Crippen LogP contribution < -0.4 is 10.0 Å². The summed E-state index contributed by atoms with van der Waals surface area (Å²) < 4.78 is 25.9. The molecule has 0 bridgehead atoms. The van der Waals surface area contributed by atoms with Gasteiger partial charge in [0.25, 0.3) is 0 Å². The second-order valence-corrected chi connectivity index (χ2v) is 7.19. The molecule has 0 saturated heterocycles. The number of hydrogen-bond donors (Lipinski definition) is 2. The maximum atomic E-state index is 11.6. The van der Waals surface area contributed by atoms with Crippen LogP contribution in [0.5, 0.6) is 0 Å². The number of hydrogen-bond acceptors (Lipinski definition) is 3. The first-order valence-electron chi connectivity index (χ1n) is 6.70. The van der Waals surface area contributed by atoms with E-state index < -0.39 is 10.0 Å². The Morgan fingerprint density at radius 3 is 2.47 bits per heavy atom. The van der Waals surface area contributed by atoms with Gasteiger partial charge in [-0.25, -0.2) is 13.1 Å². The van der Waals surface area contributed by atoms with Gasteiger partial charge in [0.05, 0.1) is 5.75 Å². The van der Waals surface area contributed by atoms with E-state index in [1.165, 1.54) is 19.3 Å². The number of nitrogens with one attached hydrogen (secondary N) is 2. The summed E-state index contributed by atoms with van der Waals surface area (Å²) in [7, 11) is -3.05. The summed E-state index contributed by atoms with van der Waals surface area (Å²) in [5.74, 6) is 0.998. The van der Waals surface area contributed by atoms with Crippen molar-refractivity contribution in [3.63, 3.8) is 0 Å². The molecule has 5 heteroatoms. The average Bonchev–Trinajstić information content (AvgIpc) is 2.16. The Labute approximate surface area is 106 Å². The van der Waals surface area contributed by atoms with E-state index in [2.05, 4.69) is 23.9 Å². The van der Waals surface area contributed by atoms with Gasteiger partial charge in [0, 0.05) is 12.6 Å². The lowest BCUT2D eigenvalue weighted by Crippen LogP contribution is -2.31. The van der Waals surface area contributed by atoms with Crippen LogP contribution in [-0.2, 0) is 10.0 Å². The molecule has 0 unspecified atom stereocenters. The SMILES string of the molecule is CC(C)NCCCS(=O)(=O)NCCC1CCC1. The molecule has 0 aromatic carbocycles. The highest BCUT2D eigenvalue weighted by atomic mass is 32.2. The Morgan fingerprint density at radius 2 is 1.94 bits per heavy atom. The molecular formula is C12H26N2O2S. The lowest BCUT2D eigenvalue weighted by atomic mass is 9.83. The average molecular weight is 262 g/mol. The summed E-state index contributed by atoms with van der Waals surface area (Å²) >= 11 is 0. The molecule has 0 atom stereocenters. The Bertz CT molecular complexity index is 298. The zero-order valence-electron chi connectivity index (χ0n) is 11.0. The van der Waals surface area contributed by atoms with Gasteiger partial charge < -0.3 is 5.32 Å². The third-order valence-corrected chi connectivity index (χ3v) is 4.71. The second-order valence-electron chi connectivity index (χ2n) is 5.26. The molecule has 1 rings (SSSR count). The second kappa shape index (κ2) is 7.34. The van der Waals surface area contributed by atoms with Gasteiger partial charge in [-0.15, -0.1) is 0 Å². The molecule has 17 heavy (non-hydrogen) atoms. The monoisotopic (exact) mass is 262 g/mol. The molecular weight excluding hydrogens is 236 g/mol. The van der Waals surface area contributed by atoms with E-state index in [1.54, 1.807) is 0 Å². The molecule has 0 amide bonds. The molecule has 0 aromatic heterocycles. The standard InChI is InChI=1S/C12H26N2O2S/c1-11(2)13-8-4-10-17(15,16)14-9-7-12-5-3-6-12/h11-14H,3-10H2,1-2H3. The van der Waals surface area contributed by atoms with Gasteiger partial charge in [-0.3, -0.25) is 0 Å². The van der Waals surface area contributed by atoms with Crippen molar-refractivity contribution in [2.24, 2.45) is 5.92 Å². The van der Waals surface area contributed by atoms with Crippen molar-refractivity contribution >= 4 is 10.0 Å². The van der Waals surface area contributed by atoms with E-state index in [4.69, 9.17) is 0 Å². The van der Waals surface area contributed by atoms with Gasteiger partial charge in [0.2, 0.25) is 10.0 Å². The quantitative estimate of drug-likeness (QED) is 0.619. The predicted octanol–water partition coefficient (Wildman–Crippen LogP) is 1.48. The summed E-state index contributed by atoms with van der Waals surface area (Å²) in [4.78, 5) is 0. The molecule has 0 radical (unpaired) electrons. The van der Waals surface area contributed by atoms with Crippen LogP contribution in [-0.4, -0.2) is 33.3 Å². The Morgan fingerprint density at radius 1 is 1.24 bits per heavy atom. The fourth-order valence-corrected chi connectivity index (χ4v) is 3.02. The normalized spacial score (nSPS) is 17.4. The molecule has 1 aliphatic carbocycles. The van der Waals surface area contributed by atoms with Crippen molar-refractivity contribution in [3.05, 3.63) is 0 Å². The van der Waals surface area contributed by atoms with Crippen LogP contribution in [0.25, 0.3) is 0 Å². The molecule has 1 saturated carbocycles. The molecule has 0 aliphatic heterocycles. The largest absolute Gasteiger partial charge is 0.314 e. The molecule has 1 aliphatic rings. The van der Waals surface area contributed by atoms with Gasteiger partial charge in [-0.1, -0.05) is 33.1 Å². The van der Waals surface area contributed by atoms with Crippen molar-refractivity contribution in [2.45, 2.75) is 52.0 Å². The third-order valence-electron chi connectivity index (χ3n) is 3.24. The van der Waals surface area contributed by atoms with Gasteiger partial charge in [-0.05, 0) is 25.3 Å². The van der Waals surface area contributed by atoms with Crippen LogP contribution in [0.15, 0.2) is 0 Å². The van der Waals surface area contributed by atoms with E-state index in [0.717, 1.165) is 18.9 Å². The first-order chi connectivity index (χ1) is 7.99. The summed E-state index contributed by atoms with van der Waals surface area (Å²) in [6.07, 6.45) is 5.55. The fraction of sp³-hybridized carbons (Fsp3) is 1.00. The molecule has 0 heterocycles. The maximum Gasteiger partial charge on any atom is 0.211 e. The molecule has 0 aromatic rings. The van der Waals surface area contributed by atoms with Gasteiger partial charge >= 0.3 is 0 Å². The third kappa shape index (κ3) is 7.01. The van der Waals surface area contributed by atoms with Crippen LogP contribution >= 0.6 is 0 Å². The first kappa shape index (κ1) is 14.9. The van der Waals surface area contributed by atoms with Crippen LogP contribution in [0.2, 0.25) is 0 Å². The zero-order valence-corrected chi connectivity index (χ0v) is 11.9.